The summed E-state index contributed by atoms with van der Waals surface area (Å²) in [4.78, 5) is 22.3. The number of nitrogens with one attached hydrogen (secondary N) is 1. The molecule has 0 fully saturated rings. The fraction of sp³-hybridized carbons (Fsp3) is 0.429. The van der Waals surface area contributed by atoms with Crippen LogP contribution in [0, 0.1) is 0 Å². The van der Waals surface area contributed by atoms with Crippen LogP contribution >= 0.6 is 34.8 Å². The van der Waals surface area contributed by atoms with Crippen LogP contribution in [-0.4, -0.2) is 22.5 Å². The second kappa shape index (κ2) is 4.87. The van der Waals surface area contributed by atoms with Crippen molar-refractivity contribution in [3.05, 3.63) is 11.3 Å². The summed E-state index contributed by atoms with van der Waals surface area (Å²) >= 11 is 16.3. The van der Waals surface area contributed by atoms with Crippen LogP contribution in [0.3, 0.4) is 0 Å². The minimum atomic E-state index is -1.96. The fourth-order valence-corrected chi connectivity index (χ4v) is 1.02. The first kappa shape index (κ1) is 13.5. The van der Waals surface area contributed by atoms with E-state index in [1.807, 2.05) is 0 Å². The molecule has 0 radical (unpaired) electrons. The Hall–Kier alpha value is -0.450. The quantitative estimate of drug-likeness (QED) is 0.335. The van der Waals surface area contributed by atoms with Crippen LogP contribution in [0.1, 0.15) is 6.92 Å². The van der Waals surface area contributed by atoms with E-state index in [1.165, 1.54) is 7.05 Å². The van der Waals surface area contributed by atoms with Crippen LogP contribution in [0.15, 0.2) is 11.3 Å². The summed E-state index contributed by atoms with van der Waals surface area (Å²) in [5.41, 5.74) is 4.65. The van der Waals surface area contributed by atoms with Gasteiger partial charge in [-0.2, -0.15) is 0 Å². The molecule has 0 aromatic rings. The lowest BCUT2D eigenvalue weighted by molar-refractivity contribution is -0.121. The summed E-state index contributed by atoms with van der Waals surface area (Å²) < 4.78 is -1.96. The Morgan fingerprint density at radius 1 is 1.29 bits per heavy atom. The minimum Gasteiger partial charge on any atom is -0.398 e. The number of hydrogen-bond donors (Lipinski definition) is 2. The van der Waals surface area contributed by atoms with E-state index < -0.39 is 15.5 Å². The van der Waals surface area contributed by atoms with Gasteiger partial charge in [-0.1, -0.05) is 34.8 Å². The molecule has 0 saturated carbocycles. The number of carbonyl (C=O) groups excluding carboxylic acids is 2. The highest BCUT2D eigenvalue weighted by Gasteiger charge is 2.31. The van der Waals surface area contributed by atoms with Crippen molar-refractivity contribution < 1.29 is 9.59 Å². The molecule has 0 saturated heterocycles. The molecule has 0 spiro atoms. The van der Waals surface area contributed by atoms with Crippen LogP contribution in [0.5, 0.6) is 0 Å². The zero-order valence-electron chi connectivity index (χ0n) is 7.53. The van der Waals surface area contributed by atoms with Gasteiger partial charge in [0.05, 0.1) is 5.70 Å². The van der Waals surface area contributed by atoms with Crippen molar-refractivity contribution in [2.75, 3.05) is 7.05 Å². The number of nitrogens with two attached hydrogens (primary N) is 1. The van der Waals surface area contributed by atoms with Gasteiger partial charge in [-0.15, -0.1) is 0 Å². The smallest absolute Gasteiger partial charge is 0.256 e. The highest BCUT2D eigenvalue weighted by molar-refractivity contribution is 6.69. The van der Waals surface area contributed by atoms with E-state index in [1.54, 1.807) is 0 Å². The van der Waals surface area contributed by atoms with Gasteiger partial charge >= 0.3 is 0 Å². The predicted octanol–water partition coefficient (Wildman–Crippen LogP) is 0.904. The molecule has 14 heavy (non-hydrogen) atoms. The first-order valence-corrected chi connectivity index (χ1v) is 4.65. The molecule has 0 aliphatic carbocycles. The monoisotopic (exact) mass is 258 g/mol. The fourth-order valence-electron chi connectivity index (χ4n) is 0.739. The third-order valence-electron chi connectivity index (χ3n) is 1.38. The van der Waals surface area contributed by atoms with Gasteiger partial charge in [0.15, 0.2) is 5.78 Å². The summed E-state index contributed by atoms with van der Waals surface area (Å²) in [5, 5.41) is 2.23. The first-order chi connectivity index (χ1) is 6.21. The molecule has 1 amide bonds. The molecule has 0 aliphatic heterocycles. The number of carbonyl (C=O) groups is 2. The molecule has 0 rings (SSSR count). The molecule has 3 N–H and O–H groups in total. The van der Waals surface area contributed by atoms with E-state index in [4.69, 9.17) is 40.5 Å². The van der Waals surface area contributed by atoms with Gasteiger partial charge in [-0.3, -0.25) is 9.59 Å². The summed E-state index contributed by atoms with van der Waals surface area (Å²) in [5.74, 6) is -1.24. The number of alkyl halides is 3. The maximum atomic E-state index is 11.2. The number of rotatable bonds is 2. The largest absolute Gasteiger partial charge is 0.398 e. The van der Waals surface area contributed by atoms with E-state index in [-0.39, 0.29) is 11.3 Å². The Bertz CT molecular complexity index is 294. The lowest BCUT2D eigenvalue weighted by atomic mass is 10.1. The second-order valence-corrected chi connectivity index (χ2v) is 4.70. The maximum Gasteiger partial charge on any atom is 0.256 e. The van der Waals surface area contributed by atoms with Crippen molar-refractivity contribution in [2.45, 2.75) is 10.7 Å². The zero-order chi connectivity index (χ0) is 11.5. The number of halogens is 3. The second-order valence-electron chi connectivity index (χ2n) is 2.42. The van der Waals surface area contributed by atoms with Gasteiger partial charge in [-0.25, -0.2) is 0 Å². The number of allylic oxidation sites excluding steroid dienone is 1. The molecule has 0 aromatic carbocycles. The molecular weight excluding hydrogens is 250 g/mol. The van der Waals surface area contributed by atoms with E-state index in [0.29, 0.717) is 0 Å². The molecule has 0 unspecified atom stereocenters. The van der Waals surface area contributed by atoms with Crippen LogP contribution in [-0.2, 0) is 9.59 Å². The van der Waals surface area contributed by atoms with E-state index >= 15 is 0 Å². The molecule has 4 nitrogen and oxygen atoms in total. The number of Topliss-reactive ketones (excluding diaryl/α,β-unsaturated/α-hetero) is 1. The Morgan fingerprint density at radius 3 is 1.93 bits per heavy atom. The number of likely N-dealkylation sites (N-methyl/N-ethyl adjacent to an activating group) is 1. The van der Waals surface area contributed by atoms with Gasteiger partial charge in [0.1, 0.15) is 5.57 Å². The average Bonchev–Trinajstić information content (AvgIpc) is 2.01. The van der Waals surface area contributed by atoms with Crippen LogP contribution in [0.25, 0.3) is 0 Å². The highest BCUT2D eigenvalue weighted by Crippen LogP contribution is 2.33. The molecule has 0 heterocycles. The summed E-state index contributed by atoms with van der Waals surface area (Å²) in [6.45, 7) is 1.16. The Morgan fingerprint density at radius 2 is 1.71 bits per heavy atom. The maximum absolute atomic E-state index is 11.2. The van der Waals surface area contributed by atoms with Gasteiger partial charge in [0.25, 0.3) is 5.91 Å². The third kappa shape index (κ3) is 3.36. The molecule has 0 aliphatic rings. The first-order valence-electron chi connectivity index (χ1n) is 3.51. The van der Waals surface area contributed by atoms with Crippen molar-refractivity contribution in [2.24, 2.45) is 5.73 Å². The summed E-state index contributed by atoms with van der Waals surface area (Å²) in [7, 11) is 1.34. The average molecular weight is 260 g/mol. The number of amides is 1. The Labute approximate surface area is 96.4 Å². The molecule has 0 bridgehead atoms. The normalized spacial score (nSPS) is 13.2. The van der Waals surface area contributed by atoms with Gasteiger partial charge < -0.3 is 11.1 Å². The molecule has 80 valence electrons. The van der Waals surface area contributed by atoms with Gasteiger partial charge in [0.2, 0.25) is 3.79 Å². The Kier molecular flexibility index (Phi) is 4.71. The molecular formula is C7H9Cl3N2O2. The van der Waals surface area contributed by atoms with Crippen LogP contribution < -0.4 is 11.1 Å². The molecule has 0 aromatic heterocycles. The standard InChI is InChI=1S/C7H9Cl3N2O2/c1-3(13)4(6(14)12-2)5(11)7(8,9)10/h11H2,1-2H3,(H,12,14)/b5-4-. The third-order valence-corrected chi connectivity index (χ3v) is 1.99. The van der Waals surface area contributed by atoms with Gasteiger partial charge in [-0.05, 0) is 6.92 Å². The van der Waals surface area contributed by atoms with E-state index in [0.717, 1.165) is 6.92 Å². The Balaban J connectivity index is 5.39. The summed E-state index contributed by atoms with van der Waals surface area (Å²) in [6, 6.07) is 0. The van der Waals surface area contributed by atoms with Gasteiger partial charge in [0, 0.05) is 7.05 Å². The lowest BCUT2D eigenvalue weighted by Gasteiger charge is -2.14. The van der Waals surface area contributed by atoms with Crippen LogP contribution in [0.4, 0.5) is 0 Å². The lowest BCUT2D eigenvalue weighted by Crippen LogP contribution is -2.31. The molecule has 7 heteroatoms. The predicted molar refractivity (Wildman–Crippen MR) is 56.3 cm³/mol. The van der Waals surface area contributed by atoms with E-state index in [2.05, 4.69) is 5.32 Å². The zero-order valence-corrected chi connectivity index (χ0v) is 9.80. The van der Waals surface area contributed by atoms with Crippen molar-refractivity contribution in [3.8, 4) is 0 Å². The SMILES string of the molecule is CNC(=O)/C(C(C)=O)=C(\N)C(Cl)(Cl)Cl. The van der Waals surface area contributed by atoms with Crippen molar-refractivity contribution in [1.29, 1.82) is 0 Å². The summed E-state index contributed by atoms with van der Waals surface area (Å²) in [6.07, 6.45) is 0. The van der Waals surface area contributed by atoms with Crippen molar-refractivity contribution in [3.63, 3.8) is 0 Å². The minimum absolute atomic E-state index is 0.340. The highest BCUT2D eigenvalue weighted by atomic mass is 35.6. The topological polar surface area (TPSA) is 72.2 Å². The van der Waals surface area contributed by atoms with Crippen LogP contribution in [0.2, 0.25) is 0 Å². The van der Waals surface area contributed by atoms with E-state index in [9.17, 15) is 9.59 Å². The van der Waals surface area contributed by atoms with Crippen molar-refractivity contribution >= 4 is 46.5 Å². The number of ketones is 1. The van der Waals surface area contributed by atoms with Crippen molar-refractivity contribution in [1.82, 2.24) is 5.32 Å². The number of hydrogen-bond acceptors (Lipinski definition) is 3. The molecule has 0 atom stereocenters.